The summed E-state index contributed by atoms with van der Waals surface area (Å²) in [6.45, 7) is 1.10. The summed E-state index contributed by atoms with van der Waals surface area (Å²) in [5, 5.41) is 5.49. The number of carbonyl (C=O) groups excluding carboxylic acids is 4. The number of H-pyrrole nitrogens is 2. The van der Waals surface area contributed by atoms with Crippen molar-refractivity contribution in [1.29, 1.82) is 0 Å². The fourth-order valence-corrected chi connectivity index (χ4v) is 10.8. The normalized spacial score (nSPS) is 20.8. The lowest BCUT2D eigenvalue weighted by molar-refractivity contribution is -0.135. The second kappa shape index (κ2) is 18.0. The molecule has 6 unspecified atom stereocenters. The molecule has 66 heavy (non-hydrogen) atoms. The molecule has 2 bridgehead atoms. The van der Waals surface area contributed by atoms with Gasteiger partial charge in [-0.2, -0.15) is 0 Å². The summed E-state index contributed by atoms with van der Waals surface area (Å²) >= 11 is 0. The van der Waals surface area contributed by atoms with Gasteiger partial charge in [-0.05, 0) is 84.5 Å². The molecule has 15 nitrogen and oxygen atoms in total. The Balaban J connectivity index is 0.889. The molecular weight excluding hydrogens is 835 g/mol. The van der Waals surface area contributed by atoms with Crippen LogP contribution >= 0.6 is 0 Å². The first-order valence-electron chi connectivity index (χ1n) is 22.7. The number of rotatable bonds is 11. The van der Waals surface area contributed by atoms with E-state index in [0.717, 1.165) is 72.4 Å². The van der Waals surface area contributed by atoms with E-state index in [9.17, 15) is 19.2 Å². The number of carbonyl (C=O) groups is 4. The third-order valence-corrected chi connectivity index (χ3v) is 14.0. The van der Waals surface area contributed by atoms with E-state index in [2.05, 4.69) is 68.9 Å². The molecule has 4 aromatic carbocycles. The molecule has 3 saturated heterocycles. The molecule has 0 spiro atoms. The summed E-state index contributed by atoms with van der Waals surface area (Å²) in [7, 11) is 4.80. The topological polar surface area (TPSA) is 178 Å². The van der Waals surface area contributed by atoms with Crippen molar-refractivity contribution in [3.05, 3.63) is 143 Å². The zero-order valence-corrected chi connectivity index (χ0v) is 37.2. The van der Waals surface area contributed by atoms with Gasteiger partial charge in [-0.1, -0.05) is 97.1 Å². The highest BCUT2D eigenvalue weighted by atomic mass is 16.5. The Labute approximate surface area is 382 Å². The van der Waals surface area contributed by atoms with E-state index < -0.39 is 24.3 Å². The second-order valence-corrected chi connectivity index (χ2v) is 17.5. The van der Waals surface area contributed by atoms with Crippen LogP contribution < -0.4 is 10.6 Å². The highest BCUT2D eigenvalue weighted by Gasteiger charge is 2.45. The highest BCUT2D eigenvalue weighted by molar-refractivity contribution is 5.88. The number of fused-ring (bicyclic) bond motifs is 5. The van der Waals surface area contributed by atoms with Gasteiger partial charge in [0.15, 0.2) is 0 Å². The number of amides is 4. The highest BCUT2D eigenvalue weighted by Crippen LogP contribution is 2.57. The summed E-state index contributed by atoms with van der Waals surface area (Å²) in [6.07, 6.45) is 7.68. The molecule has 0 radical (unpaired) electrons. The van der Waals surface area contributed by atoms with Crippen molar-refractivity contribution < 1.29 is 28.7 Å². The molecule has 4 aliphatic rings. The summed E-state index contributed by atoms with van der Waals surface area (Å²) < 4.78 is 9.75. The van der Waals surface area contributed by atoms with Gasteiger partial charge in [0.25, 0.3) is 11.8 Å². The number of aromatic amines is 2. The number of methoxy groups -OCH3 is 2. The molecule has 4 aliphatic heterocycles. The minimum absolute atomic E-state index is 0.203. The van der Waals surface area contributed by atoms with Crippen molar-refractivity contribution in [2.24, 2.45) is 0 Å². The zero-order chi connectivity index (χ0) is 45.5. The van der Waals surface area contributed by atoms with Gasteiger partial charge >= 0.3 is 12.2 Å². The molecule has 10 rings (SSSR count). The molecule has 4 N–H and O–H groups in total. The minimum atomic E-state index is -0.889. The molecule has 0 saturated carbocycles. The molecule has 4 amide bonds. The lowest BCUT2D eigenvalue weighted by Gasteiger charge is -2.28. The lowest BCUT2D eigenvalue weighted by atomic mass is 9.82. The molecular formula is C51H53N9O6. The third-order valence-electron chi connectivity index (χ3n) is 14.0. The number of alkyl carbamates (subject to hydrolysis) is 2. The summed E-state index contributed by atoms with van der Waals surface area (Å²) in [5.74, 6) is 1.02. The van der Waals surface area contributed by atoms with Crippen molar-refractivity contribution >= 4 is 24.0 Å². The minimum Gasteiger partial charge on any atom is -0.453 e. The Bertz CT molecular complexity index is 2760. The average Bonchev–Trinajstić information content (AvgIpc) is 4.24. The number of ether oxygens (including phenoxy) is 2. The van der Waals surface area contributed by atoms with Gasteiger partial charge in [-0.15, -0.1) is 0 Å². The van der Waals surface area contributed by atoms with Crippen LogP contribution in [0.15, 0.2) is 109 Å². The lowest BCUT2D eigenvalue weighted by Crippen LogP contribution is -2.42. The summed E-state index contributed by atoms with van der Waals surface area (Å²) in [4.78, 5) is 75.9. The number of likely N-dealkylation sites (tertiary alicyclic amines) is 2. The van der Waals surface area contributed by atoms with Gasteiger partial charge in [0.1, 0.15) is 23.7 Å². The second-order valence-electron chi connectivity index (χ2n) is 17.5. The number of imidazole rings is 2. The van der Waals surface area contributed by atoms with Crippen molar-refractivity contribution in [3.63, 3.8) is 0 Å². The van der Waals surface area contributed by atoms with E-state index >= 15 is 0 Å². The average molecular weight is 888 g/mol. The Hall–Kier alpha value is -7.26. The number of hydrogen-bond acceptors (Lipinski definition) is 9. The molecule has 15 heteroatoms. The van der Waals surface area contributed by atoms with Crippen LogP contribution in [0.3, 0.4) is 0 Å². The first-order valence-corrected chi connectivity index (χ1v) is 22.7. The van der Waals surface area contributed by atoms with Gasteiger partial charge in [-0.25, -0.2) is 19.6 Å². The van der Waals surface area contributed by atoms with Crippen molar-refractivity contribution in [1.82, 2.24) is 45.3 Å². The quantitative estimate of drug-likeness (QED) is 0.0994. The maximum absolute atomic E-state index is 14.2. The van der Waals surface area contributed by atoms with Gasteiger partial charge < -0.3 is 39.9 Å². The fraction of sp³-hybridized carbons (Fsp3) is 0.333. The number of benzene rings is 4. The first-order chi connectivity index (χ1) is 32.2. The number of aromatic nitrogens is 4. The molecule has 0 aliphatic carbocycles. The van der Waals surface area contributed by atoms with Crippen LogP contribution in [0.2, 0.25) is 0 Å². The maximum Gasteiger partial charge on any atom is 0.407 e. The van der Waals surface area contributed by atoms with E-state index in [1.54, 1.807) is 4.90 Å². The summed E-state index contributed by atoms with van der Waals surface area (Å²) in [5.41, 5.74) is 10.2. The van der Waals surface area contributed by atoms with Crippen LogP contribution in [-0.2, 0) is 19.1 Å². The van der Waals surface area contributed by atoms with Gasteiger partial charge in [-0.3, -0.25) is 14.5 Å². The molecule has 6 heterocycles. The number of hydrogen-bond donors (Lipinski definition) is 4. The van der Waals surface area contributed by atoms with Crippen molar-refractivity contribution in [2.45, 2.75) is 74.8 Å². The first kappa shape index (κ1) is 42.7. The largest absolute Gasteiger partial charge is 0.453 e. The van der Waals surface area contributed by atoms with Gasteiger partial charge in [0.2, 0.25) is 0 Å². The van der Waals surface area contributed by atoms with E-state index in [-0.39, 0.29) is 29.9 Å². The Kier molecular flexibility index (Phi) is 11.6. The molecule has 338 valence electrons. The van der Waals surface area contributed by atoms with Crippen molar-refractivity contribution in [2.75, 3.05) is 34.4 Å². The molecule has 3 fully saturated rings. The number of nitrogens with zero attached hydrogens (tertiary/aromatic N) is 5. The fourth-order valence-electron chi connectivity index (χ4n) is 10.8. The van der Waals surface area contributed by atoms with Gasteiger partial charge in [0.05, 0.1) is 50.1 Å². The number of nitrogens with one attached hydrogen (secondary N) is 4. The Morgan fingerprint density at radius 1 is 0.576 bits per heavy atom. The van der Waals surface area contributed by atoms with E-state index in [1.807, 2.05) is 78.0 Å². The van der Waals surface area contributed by atoms with Crippen LogP contribution in [0.5, 0.6) is 0 Å². The van der Waals surface area contributed by atoms with Crippen LogP contribution in [0.25, 0.3) is 33.6 Å². The predicted molar refractivity (Wildman–Crippen MR) is 246 cm³/mol. The van der Waals surface area contributed by atoms with Crippen LogP contribution in [0.1, 0.15) is 109 Å². The monoisotopic (exact) mass is 887 g/mol. The van der Waals surface area contributed by atoms with Crippen LogP contribution in [0, 0.1) is 0 Å². The van der Waals surface area contributed by atoms with Crippen LogP contribution in [-0.4, -0.2) is 93.0 Å². The molecule has 2 aromatic heterocycles. The Morgan fingerprint density at radius 3 is 1.55 bits per heavy atom. The van der Waals surface area contributed by atoms with E-state index in [1.165, 1.54) is 30.9 Å². The standard InChI is InChI=1S/C51H53N9O6/c1-58-38-24-25-39(58)43-35(37-29-53-47(55-37)41-17-11-27-60(41)49(62)45(57-51(64)66-3)33-14-8-5-9-15-33)23-22-34(42(38)43)30-18-20-31(21-19-30)36-28-52-46(54-36)40-16-10-26-59(40)48(61)44(56-50(63)65-2)32-12-6-4-7-13-32/h4-9,12-15,18-23,28-29,38-41,44-45H,10-11,16-17,24-27H2,1-3H3,(H,52,54)(H,53,55)(H,56,63)(H,57,64). The van der Waals surface area contributed by atoms with Crippen LogP contribution in [0.4, 0.5) is 9.59 Å². The van der Waals surface area contributed by atoms with E-state index in [4.69, 9.17) is 19.4 Å². The van der Waals surface area contributed by atoms with Gasteiger partial charge in [0, 0.05) is 30.7 Å². The summed E-state index contributed by atoms with van der Waals surface area (Å²) in [6, 6.07) is 29.7. The maximum atomic E-state index is 14.2. The Morgan fingerprint density at radius 2 is 1.03 bits per heavy atom. The van der Waals surface area contributed by atoms with Crippen molar-refractivity contribution in [3.8, 4) is 33.6 Å². The predicted octanol–water partition coefficient (Wildman–Crippen LogP) is 8.48. The SMILES string of the molecule is COC(=O)NC(C(=O)N1CCCC1c1ncc(-c2ccc(-c3ccc(-c4cnc(C5CCCN5C(=O)C(NC(=O)OC)c5ccccc5)[nH]4)c4c3C3CCC4N3C)cc2)[nH]1)c1ccccc1. The smallest absolute Gasteiger partial charge is 0.407 e. The molecule has 6 aromatic rings. The third kappa shape index (κ3) is 7.76. The molecule has 6 atom stereocenters. The zero-order valence-electron chi connectivity index (χ0n) is 37.2. The van der Waals surface area contributed by atoms with E-state index in [0.29, 0.717) is 36.1 Å².